The number of carbonyl (C=O) groups excluding carboxylic acids is 7. The molecule has 0 aliphatic carbocycles. The Labute approximate surface area is 389 Å². The molecule has 4 aromatic carbocycles. The molecule has 4 atom stereocenters. The van der Waals surface area contributed by atoms with Crippen molar-refractivity contribution in [3.63, 3.8) is 0 Å². The fraction of sp³-hybridized carbons (Fsp3) is 0.340. The molecule has 4 aromatic rings. The molecule has 0 heterocycles. The van der Waals surface area contributed by atoms with E-state index < -0.39 is 98.4 Å². The van der Waals surface area contributed by atoms with Gasteiger partial charge in [0.1, 0.15) is 74.7 Å². The van der Waals surface area contributed by atoms with E-state index in [0.717, 1.165) is 18.2 Å². The van der Waals surface area contributed by atoms with Gasteiger partial charge in [-0.1, -0.05) is 13.8 Å². The molecule has 0 amide bonds. The number of phenolic OH excluding ortho intramolecular Hbond substituents is 2. The largest absolute Gasteiger partial charge is 0.508 e. The number of hydrogen-bond acceptors (Lipinski definition) is 21. The molecule has 4 rings (SSSR count). The second-order valence-electron chi connectivity index (χ2n) is 14.3. The molecular weight excluding hydrogens is 900 g/mol. The Bertz CT molecular complexity index is 2330. The van der Waals surface area contributed by atoms with Gasteiger partial charge in [0, 0.05) is 6.07 Å². The standard InChI is InChI=1S/C24H26O11.C23H26O10/c1-3-18(25)11-33-23(30)16-8-17(10-19(26)9-16)24(31)35-13-20(27)12-34-22(29)15-6-4-14(5-7-15)21(28)32-2;1-3-16(24)11-31-18-8-9-19(20(26)10-18)23(29)33-13-17(25)12-32-22(28)15-6-4-14(5-7-15)21(27)30-2/h4-10,18,20,25-27H,3,11-13H2,1-2H3;4-10,16-17,24-26H,3,11-13H2,1-2H3. The topological polar surface area (TPSA) is 315 Å². The zero-order valence-electron chi connectivity index (χ0n) is 37.4. The Morgan fingerprint density at radius 1 is 0.412 bits per heavy atom. The first-order valence-electron chi connectivity index (χ1n) is 20.6. The molecule has 0 fully saturated rings. The van der Waals surface area contributed by atoms with Crippen molar-refractivity contribution < 1.29 is 102 Å². The Hall–Kier alpha value is -7.59. The van der Waals surface area contributed by atoms with Crippen LogP contribution in [0.25, 0.3) is 0 Å². The lowest BCUT2D eigenvalue weighted by Gasteiger charge is -2.13. The number of methoxy groups -OCH3 is 2. The number of esters is 7. The monoisotopic (exact) mass is 952 g/mol. The molecule has 0 aromatic heterocycles. The highest BCUT2D eigenvalue weighted by Crippen LogP contribution is 2.25. The highest BCUT2D eigenvalue weighted by molar-refractivity contribution is 5.97. The van der Waals surface area contributed by atoms with Crippen molar-refractivity contribution in [3.05, 3.63) is 124 Å². The van der Waals surface area contributed by atoms with Crippen LogP contribution in [0.4, 0.5) is 0 Å². The molecule has 0 saturated carbocycles. The van der Waals surface area contributed by atoms with Crippen LogP contribution >= 0.6 is 0 Å². The van der Waals surface area contributed by atoms with Gasteiger partial charge in [-0.3, -0.25) is 0 Å². The summed E-state index contributed by atoms with van der Waals surface area (Å²) in [5.41, 5.74) is 0.349. The van der Waals surface area contributed by atoms with E-state index in [1.165, 1.54) is 80.9 Å². The summed E-state index contributed by atoms with van der Waals surface area (Å²) >= 11 is 0. The van der Waals surface area contributed by atoms with Gasteiger partial charge in [0.2, 0.25) is 0 Å². The smallest absolute Gasteiger partial charge is 0.342 e. The predicted octanol–water partition coefficient (Wildman–Crippen LogP) is 3.18. The third-order valence-electron chi connectivity index (χ3n) is 9.08. The average Bonchev–Trinajstić information content (AvgIpc) is 3.35. The van der Waals surface area contributed by atoms with Crippen LogP contribution < -0.4 is 4.74 Å². The summed E-state index contributed by atoms with van der Waals surface area (Å²) in [5.74, 6) is -5.83. The quantitative estimate of drug-likeness (QED) is 0.0487. The summed E-state index contributed by atoms with van der Waals surface area (Å²) < 4.78 is 39.2. The second kappa shape index (κ2) is 27.8. The van der Waals surface area contributed by atoms with Crippen LogP contribution in [0.15, 0.2) is 84.9 Å². The number of carbonyl (C=O) groups is 7. The summed E-state index contributed by atoms with van der Waals surface area (Å²) in [6.45, 7) is 1.36. The van der Waals surface area contributed by atoms with Crippen LogP contribution in [-0.4, -0.2) is 151 Å². The molecule has 6 N–H and O–H groups in total. The van der Waals surface area contributed by atoms with E-state index >= 15 is 0 Å². The van der Waals surface area contributed by atoms with Gasteiger partial charge in [-0.25, -0.2) is 33.6 Å². The first-order valence-corrected chi connectivity index (χ1v) is 20.6. The van der Waals surface area contributed by atoms with Crippen LogP contribution in [0.5, 0.6) is 17.2 Å². The van der Waals surface area contributed by atoms with E-state index in [1.807, 2.05) is 0 Å². The van der Waals surface area contributed by atoms with E-state index in [-0.39, 0.29) is 63.7 Å². The van der Waals surface area contributed by atoms with Crippen molar-refractivity contribution in [2.24, 2.45) is 0 Å². The first-order chi connectivity index (χ1) is 32.4. The molecule has 0 bridgehead atoms. The number of rotatable bonds is 22. The second-order valence-corrected chi connectivity index (χ2v) is 14.3. The minimum absolute atomic E-state index is 0.0417. The van der Waals surface area contributed by atoms with Crippen molar-refractivity contribution in [1.82, 2.24) is 0 Å². The van der Waals surface area contributed by atoms with Crippen LogP contribution in [0.2, 0.25) is 0 Å². The lowest BCUT2D eigenvalue weighted by atomic mass is 10.1. The van der Waals surface area contributed by atoms with Gasteiger partial charge < -0.3 is 68.5 Å². The first kappa shape index (κ1) is 54.7. The number of ether oxygens (including phenoxy) is 8. The summed E-state index contributed by atoms with van der Waals surface area (Å²) in [5, 5.41) is 58.7. The third-order valence-corrected chi connectivity index (χ3v) is 9.08. The number of aliphatic hydroxyl groups is 4. The summed E-state index contributed by atoms with van der Waals surface area (Å²) in [6.07, 6.45) is -3.25. The molecule has 0 aliphatic rings. The maximum Gasteiger partial charge on any atom is 0.342 e. The van der Waals surface area contributed by atoms with E-state index in [0.29, 0.717) is 12.8 Å². The Balaban J connectivity index is 0.000000361. The molecule has 0 aliphatic heterocycles. The lowest BCUT2D eigenvalue weighted by Crippen LogP contribution is -2.25. The summed E-state index contributed by atoms with van der Waals surface area (Å²) in [6, 6.07) is 18.2. The van der Waals surface area contributed by atoms with Gasteiger partial charge in [0.15, 0.2) is 0 Å². The summed E-state index contributed by atoms with van der Waals surface area (Å²) in [7, 11) is 2.47. The van der Waals surface area contributed by atoms with E-state index in [2.05, 4.69) is 9.47 Å². The zero-order chi connectivity index (χ0) is 50.3. The average molecular weight is 953 g/mol. The van der Waals surface area contributed by atoms with E-state index in [4.69, 9.17) is 28.4 Å². The van der Waals surface area contributed by atoms with Crippen molar-refractivity contribution in [2.75, 3.05) is 53.9 Å². The molecule has 0 saturated heterocycles. The van der Waals surface area contributed by atoms with Crippen molar-refractivity contribution in [2.45, 2.75) is 51.1 Å². The maximum absolute atomic E-state index is 12.3. The van der Waals surface area contributed by atoms with Crippen molar-refractivity contribution in [1.29, 1.82) is 0 Å². The van der Waals surface area contributed by atoms with Crippen molar-refractivity contribution in [3.8, 4) is 17.2 Å². The van der Waals surface area contributed by atoms with Gasteiger partial charge in [-0.15, -0.1) is 0 Å². The predicted molar refractivity (Wildman–Crippen MR) is 233 cm³/mol. The molecule has 366 valence electrons. The fourth-order valence-electron chi connectivity index (χ4n) is 5.14. The molecule has 21 heteroatoms. The van der Waals surface area contributed by atoms with Crippen molar-refractivity contribution >= 4 is 41.8 Å². The van der Waals surface area contributed by atoms with E-state index in [1.54, 1.807) is 13.8 Å². The lowest BCUT2D eigenvalue weighted by molar-refractivity contribution is -0.00539. The van der Waals surface area contributed by atoms with Gasteiger partial charge in [-0.05, 0) is 91.7 Å². The minimum Gasteiger partial charge on any atom is -0.508 e. The molecule has 68 heavy (non-hydrogen) atoms. The molecule has 0 radical (unpaired) electrons. The molecule has 21 nitrogen and oxygen atoms in total. The molecule has 4 unspecified atom stereocenters. The fourth-order valence-corrected chi connectivity index (χ4v) is 5.14. The van der Waals surface area contributed by atoms with Gasteiger partial charge in [-0.2, -0.15) is 0 Å². The number of hydrogen-bond donors (Lipinski definition) is 6. The van der Waals surface area contributed by atoms with Gasteiger partial charge in [0.25, 0.3) is 0 Å². The van der Waals surface area contributed by atoms with Crippen LogP contribution in [0.3, 0.4) is 0 Å². The Morgan fingerprint density at radius 3 is 1.12 bits per heavy atom. The van der Waals surface area contributed by atoms with Gasteiger partial charge in [0.05, 0.1) is 59.8 Å². The highest BCUT2D eigenvalue weighted by atomic mass is 16.6. The number of phenols is 2. The van der Waals surface area contributed by atoms with Gasteiger partial charge >= 0.3 is 41.8 Å². The SMILES string of the molecule is CCC(O)COC(=O)c1cc(O)cc(C(=O)OCC(O)COC(=O)c2ccc(C(=O)OC)cc2)c1.CCC(O)COc1ccc(C(=O)OCC(O)COC(=O)c2ccc(C(=O)OC)cc2)c(O)c1. The molecule has 0 spiro atoms. The van der Waals surface area contributed by atoms with E-state index in [9.17, 15) is 64.2 Å². The Morgan fingerprint density at radius 2 is 0.750 bits per heavy atom. The number of aromatic hydroxyl groups is 2. The van der Waals surface area contributed by atoms with Crippen LogP contribution in [0, 0.1) is 0 Å². The normalized spacial score (nSPS) is 12.3. The number of aliphatic hydroxyl groups excluding tert-OH is 4. The Kier molecular flexibility index (Phi) is 22.4. The third kappa shape index (κ3) is 18.0. The zero-order valence-corrected chi connectivity index (χ0v) is 37.4. The highest BCUT2D eigenvalue weighted by Gasteiger charge is 2.21. The number of benzene rings is 4. The van der Waals surface area contributed by atoms with Crippen LogP contribution in [-0.2, 0) is 33.2 Å². The molecular formula is C47H52O21. The minimum atomic E-state index is -1.35. The van der Waals surface area contributed by atoms with Crippen LogP contribution in [0.1, 0.15) is 99.2 Å². The maximum atomic E-state index is 12.3. The summed E-state index contributed by atoms with van der Waals surface area (Å²) in [4.78, 5) is 83.4.